The molecule has 2 aromatic carbocycles. The summed E-state index contributed by atoms with van der Waals surface area (Å²) in [6, 6.07) is 15.4. The van der Waals surface area contributed by atoms with Crippen LogP contribution in [-0.2, 0) is 52.3 Å². The number of amides is 1. The number of ketones is 1. The zero-order valence-electron chi connectivity index (χ0n) is 39.5. The van der Waals surface area contributed by atoms with Crippen molar-refractivity contribution in [1.82, 2.24) is 5.32 Å². The van der Waals surface area contributed by atoms with Crippen LogP contribution in [0.2, 0.25) is 0 Å². The summed E-state index contributed by atoms with van der Waals surface area (Å²) in [4.78, 5) is 86.3. The van der Waals surface area contributed by atoms with Crippen LogP contribution in [0.5, 0.6) is 0 Å². The van der Waals surface area contributed by atoms with Crippen LogP contribution in [0, 0.1) is 28.1 Å². The Bertz CT molecular complexity index is 2330. The Labute approximate surface area is 394 Å². The Morgan fingerprint density at radius 1 is 0.955 bits per heavy atom. The number of aliphatic hydroxyl groups excluding tert-OH is 1. The quantitative estimate of drug-likeness (QED) is 0.141. The largest absolute Gasteiger partial charge is 0.458 e. The van der Waals surface area contributed by atoms with Gasteiger partial charge in [-0.3, -0.25) is 9.59 Å². The van der Waals surface area contributed by atoms with Gasteiger partial charge in [0, 0.05) is 37.5 Å². The second-order valence-corrected chi connectivity index (χ2v) is 21.4. The average Bonchev–Trinajstić information content (AvgIpc) is 3.95. The Kier molecular flexibility index (Phi) is 12.8. The number of thioether (sulfide) groups is 1. The molecule has 16 nitrogen and oxygen atoms in total. The normalized spacial score (nSPS) is 35.3. The maximum absolute atomic E-state index is 16.2. The predicted molar refractivity (Wildman–Crippen MR) is 240 cm³/mol. The fourth-order valence-electron chi connectivity index (χ4n) is 12.5. The molecule has 5 fully saturated rings. The summed E-state index contributed by atoms with van der Waals surface area (Å²) in [6.45, 7) is 15.1. The lowest BCUT2D eigenvalue weighted by molar-refractivity contribution is -0.346. The van der Waals surface area contributed by atoms with E-state index in [1.54, 1.807) is 102 Å². The molecule has 2 bridgehead atoms. The van der Waals surface area contributed by atoms with Crippen LogP contribution in [-0.4, -0.2) is 120 Å². The van der Waals surface area contributed by atoms with E-state index in [9.17, 15) is 29.1 Å². The van der Waals surface area contributed by atoms with Crippen molar-refractivity contribution in [2.75, 3.05) is 19.5 Å². The number of methoxy groups -OCH3 is 1. The van der Waals surface area contributed by atoms with Gasteiger partial charge in [-0.25, -0.2) is 19.2 Å². The zero-order valence-corrected chi connectivity index (χ0v) is 40.3. The molecule has 3 saturated carbocycles. The van der Waals surface area contributed by atoms with E-state index >= 15 is 4.79 Å². The third kappa shape index (κ3) is 7.86. The number of hydrogen-bond acceptors (Lipinski definition) is 16. The lowest BCUT2D eigenvalue weighted by Gasteiger charge is -2.69. The molecule has 2 aliphatic heterocycles. The summed E-state index contributed by atoms with van der Waals surface area (Å²) in [5, 5.41) is 13.9. The van der Waals surface area contributed by atoms with Gasteiger partial charge in [0.15, 0.2) is 23.6 Å². The number of esters is 3. The Balaban J connectivity index is 1.36. The van der Waals surface area contributed by atoms with E-state index in [0.29, 0.717) is 28.9 Å². The van der Waals surface area contributed by atoms with Gasteiger partial charge in [0.2, 0.25) is 0 Å². The van der Waals surface area contributed by atoms with Crippen LogP contribution in [0.1, 0.15) is 97.1 Å². The standard InChI is InChI=1S/C50H61NO15S/c1-11-67-45(58)63-37-33-25(2)36(62-43(56)35(53)34(27-18-14-12-15-19-27)51-44(57)66-46(4,5)6)40-50(47(33,7)8,29-22-30(29)61-40)41(64-42(55)28-20-16-13-17-21-28)38-48(9,39(37)54)31(59-10)23-32-49(38,24-60-32)65-26(3)52/h12-21,29-32,34-38,40-41,53H,11,22-24H2,1-10H3,(H,51,57)/t29?,30?,31-,32+,34-,35+,36+,37+,38-,40-,41-,48+,49-,50-/m0/s1. The Morgan fingerprint density at radius 2 is 1.61 bits per heavy atom. The number of Topliss-reactive ketones (excluding diaryl/α,β-unsaturated/α-hetero) is 1. The lowest BCUT2D eigenvalue weighted by Crippen LogP contribution is -2.82. The van der Waals surface area contributed by atoms with Crippen molar-refractivity contribution in [3.63, 3.8) is 0 Å². The molecule has 2 saturated heterocycles. The Hall–Kier alpha value is -4.81. The first-order valence-electron chi connectivity index (χ1n) is 22.9. The molecule has 8 rings (SSSR count). The van der Waals surface area contributed by atoms with E-state index in [0.717, 1.165) is 11.8 Å². The molecule has 1 spiro atoms. The van der Waals surface area contributed by atoms with Crippen molar-refractivity contribution in [2.24, 2.45) is 28.1 Å². The van der Waals surface area contributed by atoms with Crippen molar-refractivity contribution in [2.45, 2.75) is 141 Å². The maximum Gasteiger partial charge on any atom is 0.408 e. The number of carbonyl (C=O) groups excluding carboxylic acids is 6. The molecule has 67 heavy (non-hydrogen) atoms. The first-order valence-corrected chi connectivity index (χ1v) is 23.8. The molecule has 6 aliphatic rings. The van der Waals surface area contributed by atoms with Crippen LogP contribution < -0.4 is 5.32 Å². The van der Waals surface area contributed by atoms with Gasteiger partial charge in [0.1, 0.15) is 30.0 Å². The fraction of sp³-hybridized carbons (Fsp3) is 0.600. The second kappa shape index (κ2) is 17.6. The van der Waals surface area contributed by atoms with E-state index in [4.69, 9.17) is 37.9 Å². The molecule has 2 unspecified atom stereocenters. The fourth-order valence-corrected chi connectivity index (χ4v) is 12.9. The van der Waals surface area contributed by atoms with Crippen molar-refractivity contribution in [1.29, 1.82) is 0 Å². The first-order chi connectivity index (χ1) is 31.6. The highest BCUT2D eigenvalue weighted by Crippen LogP contribution is 2.76. The highest BCUT2D eigenvalue weighted by molar-refractivity contribution is 8.13. The molecular formula is C50H61NO15S. The van der Waals surface area contributed by atoms with Gasteiger partial charge in [0.25, 0.3) is 0 Å². The second-order valence-electron chi connectivity index (χ2n) is 20.2. The summed E-state index contributed by atoms with van der Waals surface area (Å²) in [6.07, 6.45) is -10.1. The highest BCUT2D eigenvalue weighted by Gasteiger charge is 2.85. The summed E-state index contributed by atoms with van der Waals surface area (Å²) < 4.78 is 51.2. The van der Waals surface area contributed by atoms with E-state index in [1.807, 2.05) is 13.8 Å². The SMILES string of the molecule is CCSC(=O)O[C@H]1C(=O)[C@]2(C)[C@@H](OC)C[C@H]3OC[C@@]3(OC(C)=O)[C@H]2[C@H](OC(=O)c2ccccc2)[C@]23C4CC4O[C@H]2[C@H](OC(=O)[C@H](O)[C@@H](NC(=O)OC(C)(C)C)c2ccccc2)C(C)=C1C3(C)C. The summed E-state index contributed by atoms with van der Waals surface area (Å²) >= 11 is 0.870. The smallest absolute Gasteiger partial charge is 0.408 e. The van der Waals surface area contributed by atoms with Gasteiger partial charge in [-0.2, -0.15) is 0 Å². The molecule has 17 heteroatoms. The molecule has 1 amide bonds. The monoisotopic (exact) mass is 947 g/mol. The molecule has 2 N–H and O–H groups in total. The topological polar surface area (TPSA) is 209 Å². The molecular weight excluding hydrogens is 887 g/mol. The van der Waals surface area contributed by atoms with Crippen LogP contribution >= 0.6 is 11.8 Å². The van der Waals surface area contributed by atoms with Crippen LogP contribution in [0.15, 0.2) is 71.8 Å². The first kappa shape index (κ1) is 48.6. The minimum absolute atomic E-state index is 0.102. The van der Waals surface area contributed by atoms with E-state index in [1.165, 1.54) is 14.0 Å². The number of hydrogen-bond donors (Lipinski definition) is 2. The molecule has 0 aromatic heterocycles. The molecule has 4 aliphatic carbocycles. The number of ether oxygens (including phenoxy) is 8. The van der Waals surface area contributed by atoms with Gasteiger partial charge >= 0.3 is 29.3 Å². The number of fused-ring (bicyclic) bond motifs is 5. The molecule has 2 heterocycles. The Morgan fingerprint density at radius 3 is 2.19 bits per heavy atom. The van der Waals surface area contributed by atoms with Gasteiger partial charge < -0.3 is 48.3 Å². The minimum atomic E-state index is -2.02. The van der Waals surface area contributed by atoms with Gasteiger partial charge in [-0.05, 0) is 81.6 Å². The zero-order chi connectivity index (χ0) is 48.6. The van der Waals surface area contributed by atoms with Crippen LogP contribution in [0.4, 0.5) is 9.59 Å². The molecule has 0 radical (unpaired) electrons. The maximum atomic E-state index is 16.2. The van der Waals surface area contributed by atoms with Gasteiger partial charge in [-0.15, -0.1) is 0 Å². The minimum Gasteiger partial charge on any atom is -0.458 e. The number of benzene rings is 2. The van der Waals surface area contributed by atoms with Crippen molar-refractivity contribution < 1.29 is 71.8 Å². The van der Waals surface area contributed by atoms with Gasteiger partial charge in [0.05, 0.1) is 47.2 Å². The third-order valence-electron chi connectivity index (χ3n) is 15.1. The van der Waals surface area contributed by atoms with E-state index in [-0.39, 0.29) is 18.6 Å². The summed E-state index contributed by atoms with van der Waals surface area (Å²) in [7, 11) is 1.46. The van der Waals surface area contributed by atoms with E-state index in [2.05, 4.69) is 5.32 Å². The molecule has 14 atom stereocenters. The summed E-state index contributed by atoms with van der Waals surface area (Å²) in [5.41, 5.74) is -5.71. The molecule has 362 valence electrons. The summed E-state index contributed by atoms with van der Waals surface area (Å²) in [5.74, 6) is -4.48. The van der Waals surface area contributed by atoms with E-state index < -0.39 is 129 Å². The number of rotatable bonds is 11. The van der Waals surface area contributed by atoms with Crippen molar-refractivity contribution in [3.05, 3.63) is 82.9 Å². The number of alkyl carbamates (subject to hydrolysis) is 1. The lowest BCUT2D eigenvalue weighted by atomic mass is 9.40. The van der Waals surface area contributed by atoms with Crippen LogP contribution in [0.3, 0.4) is 0 Å². The predicted octanol–water partition coefficient (Wildman–Crippen LogP) is 6.46. The number of aliphatic hydroxyl groups is 1. The highest BCUT2D eigenvalue weighted by atomic mass is 32.2. The van der Waals surface area contributed by atoms with Crippen molar-refractivity contribution in [3.8, 4) is 0 Å². The van der Waals surface area contributed by atoms with Gasteiger partial charge in [-0.1, -0.05) is 69.3 Å². The average molecular weight is 948 g/mol. The number of carbonyl (C=O) groups is 6. The third-order valence-corrected chi connectivity index (χ3v) is 15.7. The molecule has 2 aromatic rings. The van der Waals surface area contributed by atoms with Crippen molar-refractivity contribution >= 4 is 46.8 Å². The van der Waals surface area contributed by atoms with Crippen LogP contribution in [0.25, 0.3) is 0 Å². The number of nitrogens with one attached hydrogen (secondary N) is 1.